The third kappa shape index (κ3) is 3.96. The van der Waals surface area contributed by atoms with Crippen LogP contribution in [0, 0.1) is 0 Å². The van der Waals surface area contributed by atoms with Crippen molar-refractivity contribution in [2.75, 3.05) is 0 Å². The first-order chi connectivity index (χ1) is 20.3. The molecule has 0 aliphatic heterocycles. The summed E-state index contributed by atoms with van der Waals surface area (Å²) in [5.74, 6) is 0.570. The summed E-state index contributed by atoms with van der Waals surface area (Å²) in [4.78, 5) is 15.0. The Labute approximate surface area is 236 Å². The Morgan fingerprint density at radius 1 is 0.585 bits per heavy atom. The molecule has 4 aromatic heterocycles. The third-order valence-electron chi connectivity index (χ3n) is 7.50. The second kappa shape index (κ2) is 9.54. The number of nitrogens with zero attached hydrogens (tertiary/aromatic N) is 6. The number of rotatable bonds is 5. The first kappa shape index (κ1) is 23.3. The topological polar surface area (TPSA) is 60.9 Å². The number of aromatic nitrogens is 6. The minimum atomic E-state index is 0.570. The van der Waals surface area contributed by atoms with E-state index in [0.29, 0.717) is 12.4 Å². The highest BCUT2D eigenvalue weighted by atomic mass is 15.3. The zero-order valence-corrected chi connectivity index (χ0v) is 22.1. The second-order valence-electron chi connectivity index (χ2n) is 10.1. The highest BCUT2D eigenvalue weighted by Crippen LogP contribution is 2.42. The van der Waals surface area contributed by atoms with Crippen LogP contribution in [-0.4, -0.2) is 29.1 Å². The van der Waals surface area contributed by atoms with Gasteiger partial charge in [0.25, 0.3) is 0 Å². The van der Waals surface area contributed by atoms with Gasteiger partial charge in [0.15, 0.2) is 5.65 Å². The lowest BCUT2D eigenvalue weighted by Gasteiger charge is -2.13. The Balaban J connectivity index is 1.45. The van der Waals surface area contributed by atoms with Crippen LogP contribution in [0.5, 0.6) is 0 Å². The van der Waals surface area contributed by atoms with Crippen molar-refractivity contribution in [3.8, 4) is 33.9 Å². The standard InChI is InChI=1S/C35H24N6/c1-4-12-24(13-5-1)22-40-32(27-17-8-3-9-18-27)30(26-15-6-2-7-16-26)31-34(40)36-23-41-35(31)38-33(39-41)29-21-20-25-14-10-11-19-28(25)37-29/h1-21,23H,22H2. The smallest absolute Gasteiger partial charge is 0.200 e. The van der Waals surface area contributed by atoms with Gasteiger partial charge in [-0.2, -0.15) is 0 Å². The SMILES string of the molecule is c1ccc(Cn2c(-c3ccccc3)c(-c3ccccc3)c3c2ncn2nc(-c4ccc5ccccc5n4)nc32)cc1. The van der Waals surface area contributed by atoms with Crippen LogP contribution >= 0.6 is 0 Å². The molecule has 4 aromatic carbocycles. The summed E-state index contributed by atoms with van der Waals surface area (Å²) in [6.07, 6.45) is 1.76. The van der Waals surface area contributed by atoms with Gasteiger partial charge in [-0.1, -0.05) is 115 Å². The van der Waals surface area contributed by atoms with Gasteiger partial charge in [0.1, 0.15) is 17.7 Å². The monoisotopic (exact) mass is 528 g/mol. The zero-order chi connectivity index (χ0) is 27.2. The van der Waals surface area contributed by atoms with Gasteiger partial charge in [0, 0.05) is 17.5 Å². The normalized spacial score (nSPS) is 11.5. The van der Waals surface area contributed by atoms with Crippen LogP contribution in [0.3, 0.4) is 0 Å². The average Bonchev–Trinajstić information content (AvgIpc) is 3.62. The number of hydrogen-bond donors (Lipinski definition) is 0. The van der Waals surface area contributed by atoms with E-state index < -0.39 is 0 Å². The van der Waals surface area contributed by atoms with Crippen LogP contribution in [0.15, 0.2) is 134 Å². The molecule has 0 radical (unpaired) electrons. The molecule has 0 N–H and O–H groups in total. The lowest BCUT2D eigenvalue weighted by molar-refractivity contribution is 0.826. The molecule has 0 bridgehead atoms. The molecule has 6 heteroatoms. The van der Waals surface area contributed by atoms with Gasteiger partial charge in [0.05, 0.1) is 16.6 Å². The van der Waals surface area contributed by atoms with Crippen molar-refractivity contribution in [1.29, 1.82) is 0 Å². The number of para-hydroxylation sites is 1. The molecular formula is C35H24N6. The van der Waals surface area contributed by atoms with Gasteiger partial charge in [-0.05, 0) is 28.8 Å². The van der Waals surface area contributed by atoms with E-state index in [1.807, 2.05) is 42.5 Å². The molecule has 0 aliphatic rings. The molecule has 4 heterocycles. The van der Waals surface area contributed by atoms with Gasteiger partial charge < -0.3 is 4.57 Å². The van der Waals surface area contributed by atoms with E-state index in [9.17, 15) is 0 Å². The van der Waals surface area contributed by atoms with E-state index in [1.165, 1.54) is 5.56 Å². The fraction of sp³-hybridized carbons (Fsp3) is 0.0286. The van der Waals surface area contributed by atoms with Gasteiger partial charge in [-0.25, -0.2) is 19.5 Å². The number of benzene rings is 4. The number of hydrogen-bond acceptors (Lipinski definition) is 4. The minimum absolute atomic E-state index is 0.570. The highest BCUT2D eigenvalue weighted by molar-refractivity contribution is 6.09. The number of pyridine rings is 1. The van der Waals surface area contributed by atoms with Crippen molar-refractivity contribution < 1.29 is 0 Å². The zero-order valence-electron chi connectivity index (χ0n) is 22.1. The van der Waals surface area contributed by atoms with Crippen molar-refractivity contribution in [1.82, 2.24) is 29.1 Å². The Hall–Kier alpha value is -5.62. The number of fused-ring (bicyclic) bond motifs is 4. The van der Waals surface area contributed by atoms with Crippen molar-refractivity contribution in [2.24, 2.45) is 0 Å². The van der Waals surface area contributed by atoms with E-state index in [-0.39, 0.29) is 0 Å². The van der Waals surface area contributed by atoms with E-state index in [1.54, 1.807) is 10.8 Å². The fourth-order valence-electron chi connectivity index (χ4n) is 5.64. The predicted molar refractivity (Wildman–Crippen MR) is 163 cm³/mol. The van der Waals surface area contributed by atoms with Gasteiger partial charge in [-0.3, -0.25) is 0 Å². The molecule has 0 saturated carbocycles. The summed E-state index contributed by atoms with van der Waals surface area (Å²) >= 11 is 0. The summed E-state index contributed by atoms with van der Waals surface area (Å²) in [6, 6.07) is 43.7. The Morgan fingerprint density at radius 2 is 1.27 bits per heavy atom. The van der Waals surface area contributed by atoms with Crippen LogP contribution in [0.25, 0.3) is 61.5 Å². The Kier molecular flexibility index (Phi) is 5.42. The van der Waals surface area contributed by atoms with E-state index >= 15 is 0 Å². The average molecular weight is 529 g/mol. The van der Waals surface area contributed by atoms with Gasteiger partial charge in [0.2, 0.25) is 5.82 Å². The maximum Gasteiger partial charge on any atom is 0.200 e. The van der Waals surface area contributed by atoms with E-state index in [2.05, 4.69) is 89.5 Å². The molecule has 0 aliphatic carbocycles. The van der Waals surface area contributed by atoms with Crippen LogP contribution < -0.4 is 0 Å². The predicted octanol–water partition coefficient (Wildman–Crippen LogP) is 7.68. The van der Waals surface area contributed by atoms with Crippen LogP contribution in [0.4, 0.5) is 0 Å². The molecular weight excluding hydrogens is 504 g/mol. The summed E-state index contributed by atoms with van der Waals surface area (Å²) in [6.45, 7) is 0.671. The summed E-state index contributed by atoms with van der Waals surface area (Å²) in [7, 11) is 0. The van der Waals surface area contributed by atoms with Crippen molar-refractivity contribution in [3.05, 3.63) is 139 Å². The molecule has 0 fully saturated rings. The summed E-state index contributed by atoms with van der Waals surface area (Å²) < 4.78 is 4.09. The molecule has 6 nitrogen and oxygen atoms in total. The maximum atomic E-state index is 5.10. The highest BCUT2D eigenvalue weighted by Gasteiger charge is 2.25. The molecule has 8 aromatic rings. The molecule has 0 atom stereocenters. The van der Waals surface area contributed by atoms with Crippen molar-refractivity contribution >= 4 is 27.6 Å². The van der Waals surface area contributed by atoms with Crippen LogP contribution in [0.1, 0.15) is 5.56 Å². The summed E-state index contributed by atoms with van der Waals surface area (Å²) in [5, 5.41) is 6.89. The van der Waals surface area contributed by atoms with Gasteiger partial charge >= 0.3 is 0 Å². The Bertz CT molecular complexity index is 2160. The fourth-order valence-corrected chi connectivity index (χ4v) is 5.64. The second-order valence-corrected chi connectivity index (χ2v) is 10.1. The van der Waals surface area contributed by atoms with Gasteiger partial charge in [-0.15, -0.1) is 5.10 Å². The maximum absolute atomic E-state index is 5.10. The molecule has 0 saturated heterocycles. The Morgan fingerprint density at radius 3 is 2.05 bits per heavy atom. The lowest BCUT2D eigenvalue weighted by atomic mass is 9.99. The van der Waals surface area contributed by atoms with Crippen molar-refractivity contribution in [3.63, 3.8) is 0 Å². The van der Waals surface area contributed by atoms with E-state index in [0.717, 1.165) is 55.7 Å². The summed E-state index contributed by atoms with van der Waals surface area (Å²) in [5.41, 5.74) is 8.88. The third-order valence-corrected chi connectivity index (χ3v) is 7.50. The molecule has 0 spiro atoms. The van der Waals surface area contributed by atoms with Crippen LogP contribution in [0.2, 0.25) is 0 Å². The molecule has 41 heavy (non-hydrogen) atoms. The molecule has 8 rings (SSSR count). The first-order valence-electron chi connectivity index (χ1n) is 13.6. The van der Waals surface area contributed by atoms with E-state index in [4.69, 9.17) is 20.1 Å². The first-order valence-corrected chi connectivity index (χ1v) is 13.6. The molecule has 0 unspecified atom stereocenters. The molecule has 194 valence electrons. The van der Waals surface area contributed by atoms with Crippen LogP contribution in [-0.2, 0) is 6.54 Å². The molecule has 0 amide bonds. The minimum Gasteiger partial charge on any atom is -0.320 e. The largest absolute Gasteiger partial charge is 0.320 e. The van der Waals surface area contributed by atoms with Crippen molar-refractivity contribution in [2.45, 2.75) is 6.54 Å². The quantitative estimate of drug-likeness (QED) is 0.230. The lowest BCUT2D eigenvalue weighted by Crippen LogP contribution is -2.03.